The van der Waals surface area contributed by atoms with E-state index in [-0.39, 0.29) is 17.7 Å². The van der Waals surface area contributed by atoms with Crippen molar-refractivity contribution >= 4 is 17.8 Å². The molecular formula is C18H30N2O2S. The summed E-state index contributed by atoms with van der Waals surface area (Å²) in [5.41, 5.74) is 0.0444. The monoisotopic (exact) mass is 338 g/mol. The van der Waals surface area contributed by atoms with Gasteiger partial charge in [-0.1, -0.05) is 12.8 Å². The number of carbonyl (C=O) groups excluding carboxylic acids is 1. The number of amides is 2. The predicted octanol–water partition coefficient (Wildman–Crippen LogP) is 3.31. The average Bonchev–Trinajstić information content (AvgIpc) is 3.30. The van der Waals surface area contributed by atoms with Crippen LogP contribution in [0.1, 0.15) is 57.8 Å². The highest BCUT2D eigenvalue weighted by Gasteiger charge is 2.41. The molecule has 5 heteroatoms. The molecule has 4 rings (SSSR count). The lowest BCUT2D eigenvalue weighted by atomic mass is 9.83. The number of urea groups is 1. The van der Waals surface area contributed by atoms with Crippen molar-refractivity contribution in [3.8, 4) is 0 Å². The topological polar surface area (TPSA) is 50.4 Å². The van der Waals surface area contributed by atoms with Gasteiger partial charge in [-0.15, -0.1) is 0 Å². The lowest BCUT2D eigenvalue weighted by Gasteiger charge is -2.38. The Balaban J connectivity index is 1.24. The minimum Gasteiger partial charge on any atom is -0.374 e. The molecule has 4 nitrogen and oxygen atoms in total. The minimum absolute atomic E-state index is 0.0444. The van der Waals surface area contributed by atoms with Gasteiger partial charge in [-0.25, -0.2) is 4.79 Å². The summed E-state index contributed by atoms with van der Waals surface area (Å²) in [6.45, 7) is 0.790. The van der Waals surface area contributed by atoms with Crippen LogP contribution in [0, 0.1) is 11.8 Å². The van der Waals surface area contributed by atoms with Crippen LogP contribution >= 0.6 is 11.8 Å². The Morgan fingerprint density at radius 1 is 1.04 bits per heavy atom. The van der Waals surface area contributed by atoms with Crippen molar-refractivity contribution < 1.29 is 9.53 Å². The Morgan fingerprint density at radius 2 is 1.91 bits per heavy atom. The maximum atomic E-state index is 12.4. The lowest BCUT2D eigenvalue weighted by molar-refractivity contribution is -0.0684. The number of rotatable bonds is 3. The standard InChI is InChI=1S/C18H30N2O2S/c21-17(19-15-3-1-2-14(10-15)13-4-5-13)20-16-6-8-22-18(11-16)7-9-23-12-18/h13-16H,1-12H2,(H2,19,20,21). The molecule has 2 aliphatic carbocycles. The summed E-state index contributed by atoms with van der Waals surface area (Å²) in [7, 11) is 0. The van der Waals surface area contributed by atoms with Gasteiger partial charge in [-0.05, 0) is 62.5 Å². The fourth-order valence-electron chi connectivity index (χ4n) is 4.78. The van der Waals surface area contributed by atoms with E-state index in [4.69, 9.17) is 4.74 Å². The quantitative estimate of drug-likeness (QED) is 0.830. The molecule has 23 heavy (non-hydrogen) atoms. The molecule has 130 valence electrons. The third kappa shape index (κ3) is 3.98. The van der Waals surface area contributed by atoms with E-state index in [1.165, 1.54) is 37.9 Å². The van der Waals surface area contributed by atoms with Crippen LogP contribution in [0.5, 0.6) is 0 Å². The molecule has 2 saturated carbocycles. The molecular weight excluding hydrogens is 308 g/mol. The van der Waals surface area contributed by atoms with Crippen LogP contribution in [0.3, 0.4) is 0 Å². The summed E-state index contributed by atoms with van der Waals surface area (Å²) in [6, 6.07) is 0.731. The summed E-state index contributed by atoms with van der Waals surface area (Å²) in [5, 5.41) is 6.50. The second-order valence-corrected chi connectivity index (χ2v) is 9.21. The summed E-state index contributed by atoms with van der Waals surface area (Å²) < 4.78 is 6.04. The second kappa shape index (κ2) is 6.83. The molecule has 0 aromatic rings. The molecule has 4 unspecified atom stereocenters. The second-order valence-electron chi connectivity index (χ2n) is 8.10. The van der Waals surface area contributed by atoms with Gasteiger partial charge in [-0.2, -0.15) is 11.8 Å². The van der Waals surface area contributed by atoms with Crippen LogP contribution in [-0.4, -0.2) is 41.8 Å². The van der Waals surface area contributed by atoms with E-state index in [1.807, 2.05) is 11.8 Å². The Labute approximate surface area is 143 Å². The van der Waals surface area contributed by atoms with Crippen LogP contribution in [0.15, 0.2) is 0 Å². The van der Waals surface area contributed by atoms with E-state index in [1.54, 1.807) is 0 Å². The Bertz CT molecular complexity index is 435. The highest BCUT2D eigenvalue weighted by Crippen LogP contribution is 2.44. The maximum absolute atomic E-state index is 12.4. The number of ether oxygens (including phenoxy) is 1. The minimum atomic E-state index is 0.0444. The Kier molecular flexibility index (Phi) is 4.77. The molecule has 0 aromatic heterocycles. The van der Waals surface area contributed by atoms with Gasteiger partial charge in [0.1, 0.15) is 0 Å². The zero-order valence-corrected chi connectivity index (χ0v) is 14.8. The van der Waals surface area contributed by atoms with Crippen molar-refractivity contribution in [1.29, 1.82) is 0 Å². The molecule has 2 N–H and O–H groups in total. The Hall–Kier alpha value is -0.420. The molecule has 1 spiro atoms. The molecule has 2 saturated heterocycles. The highest BCUT2D eigenvalue weighted by molar-refractivity contribution is 7.99. The normalized spacial score (nSPS) is 41.0. The zero-order chi connectivity index (χ0) is 15.7. The van der Waals surface area contributed by atoms with Gasteiger partial charge in [0.05, 0.1) is 5.60 Å². The molecule has 4 atom stereocenters. The molecule has 2 amide bonds. The smallest absolute Gasteiger partial charge is 0.315 e. The molecule has 0 radical (unpaired) electrons. The molecule has 0 aromatic carbocycles. The average molecular weight is 339 g/mol. The number of hydrogen-bond acceptors (Lipinski definition) is 3. The third-order valence-corrected chi connectivity index (χ3v) is 7.46. The van der Waals surface area contributed by atoms with Gasteiger partial charge in [0.2, 0.25) is 0 Å². The van der Waals surface area contributed by atoms with E-state index < -0.39 is 0 Å². The van der Waals surface area contributed by atoms with Gasteiger partial charge in [0, 0.05) is 24.4 Å². The lowest BCUT2D eigenvalue weighted by Crippen LogP contribution is -2.53. The van der Waals surface area contributed by atoms with E-state index in [0.717, 1.165) is 49.9 Å². The van der Waals surface area contributed by atoms with Gasteiger partial charge in [-0.3, -0.25) is 0 Å². The van der Waals surface area contributed by atoms with Crippen molar-refractivity contribution in [2.75, 3.05) is 18.1 Å². The van der Waals surface area contributed by atoms with E-state index in [2.05, 4.69) is 10.6 Å². The van der Waals surface area contributed by atoms with E-state index in [9.17, 15) is 4.79 Å². The molecule has 0 bridgehead atoms. The summed E-state index contributed by atoms with van der Waals surface area (Å²) in [6.07, 6.45) is 10.9. The van der Waals surface area contributed by atoms with Gasteiger partial charge >= 0.3 is 6.03 Å². The largest absolute Gasteiger partial charge is 0.374 e. The summed E-state index contributed by atoms with van der Waals surface area (Å²) in [4.78, 5) is 12.4. The SMILES string of the molecule is O=C(NC1CCCC(C2CC2)C1)NC1CCOC2(CCSC2)C1. The van der Waals surface area contributed by atoms with Crippen molar-refractivity contribution in [1.82, 2.24) is 10.6 Å². The van der Waals surface area contributed by atoms with Crippen molar-refractivity contribution in [2.45, 2.75) is 75.5 Å². The molecule has 2 aliphatic heterocycles. The van der Waals surface area contributed by atoms with Crippen LogP contribution in [0.2, 0.25) is 0 Å². The third-order valence-electron chi connectivity index (χ3n) is 6.23. The fraction of sp³-hybridized carbons (Fsp3) is 0.944. The number of carbonyl (C=O) groups is 1. The first-order valence-electron chi connectivity index (χ1n) is 9.51. The number of nitrogens with one attached hydrogen (secondary N) is 2. The number of thioether (sulfide) groups is 1. The Morgan fingerprint density at radius 3 is 2.70 bits per heavy atom. The van der Waals surface area contributed by atoms with Crippen molar-refractivity contribution in [3.05, 3.63) is 0 Å². The summed E-state index contributed by atoms with van der Waals surface area (Å²) in [5.74, 6) is 4.14. The first-order chi connectivity index (χ1) is 11.2. The van der Waals surface area contributed by atoms with E-state index in [0.29, 0.717) is 6.04 Å². The fourth-order valence-corrected chi connectivity index (χ4v) is 6.16. The van der Waals surface area contributed by atoms with E-state index >= 15 is 0 Å². The van der Waals surface area contributed by atoms with Crippen LogP contribution < -0.4 is 10.6 Å². The molecule has 4 fully saturated rings. The first-order valence-corrected chi connectivity index (χ1v) is 10.7. The molecule has 4 aliphatic rings. The maximum Gasteiger partial charge on any atom is 0.315 e. The van der Waals surface area contributed by atoms with Crippen molar-refractivity contribution in [2.24, 2.45) is 11.8 Å². The zero-order valence-electron chi connectivity index (χ0n) is 14.0. The van der Waals surface area contributed by atoms with Gasteiger partial charge in [0.25, 0.3) is 0 Å². The highest BCUT2D eigenvalue weighted by atomic mass is 32.2. The van der Waals surface area contributed by atoms with Gasteiger partial charge < -0.3 is 15.4 Å². The predicted molar refractivity (Wildman–Crippen MR) is 93.8 cm³/mol. The number of hydrogen-bond donors (Lipinski definition) is 2. The van der Waals surface area contributed by atoms with Crippen LogP contribution in [0.4, 0.5) is 4.79 Å². The van der Waals surface area contributed by atoms with Gasteiger partial charge in [0.15, 0.2) is 0 Å². The molecule has 2 heterocycles. The first kappa shape index (κ1) is 16.1. The van der Waals surface area contributed by atoms with Crippen molar-refractivity contribution in [3.63, 3.8) is 0 Å². The van der Waals surface area contributed by atoms with Crippen LogP contribution in [-0.2, 0) is 4.74 Å². The summed E-state index contributed by atoms with van der Waals surface area (Å²) >= 11 is 1.98. The van der Waals surface area contributed by atoms with Crippen LogP contribution in [0.25, 0.3) is 0 Å².